The summed E-state index contributed by atoms with van der Waals surface area (Å²) in [5.41, 5.74) is 4.35. The third-order valence-corrected chi connectivity index (χ3v) is 3.73. The van der Waals surface area contributed by atoms with E-state index in [-0.39, 0.29) is 5.82 Å². The first-order valence-corrected chi connectivity index (χ1v) is 6.35. The minimum atomic E-state index is -0.147. The molecule has 0 heterocycles. The quantitative estimate of drug-likeness (QED) is 0.829. The van der Waals surface area contributed by atoms with Gasteiger partial charge >= 0.3 is 0 Å². The molecule has 0 aliphatic heterocycles. The Morgan fingerprint density at radius 1 is 1.11 bits per heavy atom. The molecule has 1 aliphatic carbocycles. The van der Waals surface area contributed by atoms with Gasteiger partial charge in [0.2, 0.25) is 0 Å². The molecule has 0 amide bonds. The maximum Gasteiger partial charge on any atom is 0.128 e. The molecule has 1 unspecified atom stereocenters. The largest absolute Gasteiger partial charge is 0.378 e. The molecule has 1 atom stereocenters. The monoisotopic (exact) mass is 241 g/mol. The van der Waals surface area contributed by atoms with E-state index in [2.05, 4.69) is 29.6 Å². The van der Waals surface area contributed by atoms with Crippen LogP contribution in [0.15, 0.2) is 42.5 Å². The van der Waals surface area contributed by atoms with E-state index in [4.69, 9.17) is 0 Å². The Labute approximate surface area is 107 Å². The number of nitrogens with one attached hydrogen (secondary N) is 1. The molecule has 2 aromatic rings. The molecule has 0 saturated heterocycles. The van der Waals surface area contributed by atoms with Crippen molar-refractivity contribution in [2.45, 2.75) is 25.8 Å². The number of anilines is 1. The maximum atomic E-state index is 13.5. The SMILES string of the molecule is Cc1c(F)cccc1NC1CCc2ccccc21. The fourth-order valence-corrected chi connectivity index (χ4v) is 2.66. The Bertz CT molecular complexity index is 577. The number of aryl methyl sites for hydroxylation is 1. The van der Waals surface area contributed by atoms with Gasteiger partial charge in [-0.05, 0) is 43.0 Å². The molecular formula is C16H16FN. The zero-order valence-electron chi connectivity index (χ0n) is 10.4. The summed E-state index contributed by atoms with van der Waals surface area (Å²) < 4.78 is 13.5. The van der Waals surface area contributed by atoms with E-state index in [1.807, 2.05) is 13.0 Å². The molecule has 1 nitrogen and oxygen atoms in total. The zero-order valence-corrected chi connectivity index (χ0v) is 10.4. The second-order valence-electron chi connectivity index (χ2n) is 4.85. The predicted octanol–water partition coefficient (Wildman–Crippen LogP) is 4.23. The number of rotatable bonds is 2. The lowest BCUT2D eigenvalue weighted by molar-refractivity contribution is 0.618. The van der Waals surface area contributed by atoms with Crippen LogP contribution < -0.4 is 5.32 Å². The van der Waals surface area contributed by atoms with Crippen molar-refractivity contribution in [1.82, 2.24) is 0 Å². The van der Waals surface area contributed by atoms with Gasteiger partial charge < -0.3 is 5.32 Å². The van der Waals surface area contributed by atoms with Gasteiger partial charge in [-0.3, -0.25) is 0 Å². The maximum absolute atomic E-state index is 13.5. The molecular weight excluding hydrogens is 225 g/mol. The first-order chi connectivity index (χ1) is 8.75. The summed E-state index contributed by atoms with van der Waals surface area (Å²) in [4.78, 5) is 0. The van der Waals surface area contributed by atoms with Crippen molar-refractivity contribution in [3.63, 3.8) is 0 Å². The van der Waals surface area contributed by atoms with Crippen LogP contribution in [-0.4, -0.2) is 0 Å². The van der Waals surface area contributed by atoms with Gasteiger partial charge in [0, 0.05) is 11.3 Å². The van der Waals surface area contributed by atoms with Crippen molar-refractivity contribution in [3.8, 4) is 0 Å². The van der Waals surface area contributed by atoms with Crippen LogP contribution >= 0.6 is 0 Å². The smallest absolute Gasteiger partial charge is 0.128 e. The van der Waals surface area contributed by atoms with Crippen LogP contribution in [-0.2, 0) is 6.42 Å². The Morgan fingerprint density at radius 3 is 2.83 bits per heavy atom. The van der Waals surface area contributed by atoms with E-state index in [9.17, 15) is 4.39 Å². The summed E-state index contributed by atoms with van der Waals surface area (Å²) in [6.45, 7) is 1.82. The van der Waals surface area contributed by atoms with Gasteiger partial charge in [-0.2, -0.15) is 0 Å². The number of hydrogen-bond acceptors (Lipinski definition) is 1. The predicted molar refractivity (Wildman–Crippen MR) is 72.3 cm³/mol. The van der Waals surface area contributed by atoms with E-state index in [1.54, 1.807) is 6.07 Å². The molecule has 0 saturated carbocycles. The topological polar surface area (TPSA) is 12.0 Å². The molecule has 0 aromatic heterocycles. The Kier molecular flexibility index (Phi) is 2.78. The fraction of sp³-hybridized carbons (Fsp3) is 0.250. The summed E-state index contributed by atoms with van der Waals surface area (Å²) in [5, 5.41) is 3.47. The lowest BCUT2D eigenvalue weighted by atomic mass is 10.1. The van der Waals surface area contributed by atoms with Gasteiger partial charge in [-0.25, -0.2) is 4.39 Å². The molecule has 18 heavy (non-hydrogen) atoms. The molecule has 0 spiro atoms. The Morgan fingerprint density at radius 2 is 1.94 bits per heavy atom. The molecule has 92 valence electrons. The number of halogens is 1. The first-order valence-electron chi connectivity index (χ1n) is 6.35. The van der Waals surface area contributed by atoms with Crippen LogP contribution in [0.25, 0.3) is 0 Å². The lowest BCUT2D eigenvalue weighted by Gasteiger charge is -2.17. The Hall–Kier alpha value is -1.83. The summed E-state index contributed by atoms with van der Waals surface area (Å²) in [5.74, 6) is -0.147. The van der Waals surface area contributed by atoms with E-state index in [1.165, 1.54) is 17.2 Å². The van der Waals surface area contributed by atoms with Gasteiger partial charge in [0.25, 0.3) is 0 Å². The summed E-state index contributed by atoms with van der Waals surface area (Å²) in [6, 6.07) is 14.0. The highest BCUT2D eigenvalue weighted by Crippen LogP contribution is 2.34. The van der Waals surface area contributed by atoms with Crippen molar-refractivity contribution in [1.29, 1.82) is 0 Å². The summed E-state index contributed by atoms with van der Waals surface area (Å²) in [6.07, 6.45) is 2.18. The molecule has 1 N–H and O–H groups in total. The van der Waals surface area contributed by atoms with Gasteiger partial charge in [0.15, 0.2) is 0 Å². The highest BCUT2D eigenvalue weighted by molar-refractivity contribution is 5.54. The van der Waals surface area contributed by atoms with Crippen molar-refractivity contribution in [2.24, 2.45) is 0 Å². The van der Waals surface area contributed by atoms with Crippen LogP contribution in [0.3, 0.4) is 0 Å². The minimum Gasteiger partial charge on any atom is -0.378 e. The number of benzene rings is 2. The highest BCUT2D eigenvalue weighted by Gasteiger charge is 2.22. The Balaban J connectivity index is 1.89. The number of fused-ring (bicyclic) bond motifs is 1. The van der Waals surface area contributed by atoms with Gasteiger partial charge in [0.05, 0.1) is 6.04 Å². The third-order valence-electron chi connectivity index (χ3n) is 3.73. The second-order valence-corrected chi connectivity index (χ2v) is 4.85. The average molecular weight is 241 g/mol. The standard InChI is InChI=1S/C16H16FN/c1-11-14(17)7-4-8-15(11)18-16-10-9-12-5-2-3-6-13(12)16/h2-8,16,18H,9-10H2,1H3. The molecule has 3 rings (SSSR count). The highest BCUT2D eigenvalue weighted by atomic mass is 19.1. The molecule has 2 heteroatoms. The zero-order chi connectivity index (χ0) is 12.5. The fourth-order valence-electron chi connectivity index (χ4n) is 2.66. The van der Waals surface area contributed by atoms with Crippen LogP contribution in [0.5, 0.6) is 0 Å². The van der Waals surface area contributed by atoms with Crippen molar-refractivity contribution < 1.29 is 4.39 Å². The van der Waals surface area contributed by atoms with Gasteiger partial charge in [0.1, 0.15) is 5.82 Å². The molecule has 0 bridgehead atoms. The summed E-state index contributed by atoms with van der Waals surface area (Å²) >= 11 is 0. The van der Waals surface area contributed by atoms with Gasteiger partial charge in [-0.15, -0.1) is 0 Å². The molecule has 2 aromatic carbocycles. The van der Waals surface area contributed by atoms with Crippen molar-refractivity contribution in [3.05, 3.63) is 65.0 Å². The van der Waals surface area contributed by atoms with Crippen LogP contribution in [0.2, 0.25) is 0 Å². The van der Waals surface area contributed by atoms with Crippen molar-refractivity contribution in [2.75, 3.05) is 5.32 Å². The van der Waals surface area contributed by atoms with Crippen molar-refractivity contribution >= 4 is 5.69 Å². The van der Waals surface area contributed by atoms with Crippen LogP contribution in [0, 0.1) is 12.7 Å². The molecule has 0 fully saturated rings. The average Bonchev–Trinajstić information content (AvgIpc) is 2.79. The van der Waals surface area contributed by atoms with Crippen LogP contribution in [0.1, 0.15) is 29.2 Å². The van der Waals surface area contributed by atoms with E-state index in [0.717, 1.165) is 18.5 Å². The second kappa shape index (κ2) is 4.45. The lowest BCUT2D eigenvalue weighted by Crippen LogP contribution is -2.08. The first kappa shape index (κ1) is 11.3. The van der Waals surface area contributed by atoms with E-state index < -0.39 is 0 Å². The molecule has 0 radical (unpaired) electrons. The third kappa shape index (κ3) is 1.88. The number of hydrogen-bond donors (Lipinski definition) is 1. The normalized spacial score (nSPS) is 17.6. The van der Waals surface area contributed by atoms with E-state index in [0.29, 0.717) is 11.6 Å². The van der Waals surface area contributed by atoms with Gasteiger partial charge in [-0.1, -0.05) is 30.3 Å². The summed E-state index contributed by atoms with van der Waals surface area (Å²) in [7, 11) is 0. The van der Waals surface area contributed by atoms with Crippen LogP contribution in [0.4, 0.5) is 10.1 Å². The minimum absolute atomic E-state index is 0.147. The van der Waals surface area contributed by atoms with E-state index >= 15 is 0 Å². The molecule has 1 aliphatic rings.